The van der Waals surface area contributed by atoms with Crippen molar-refractivity contribution in [1.82, 2.24) is 0 Å². The van der Waals surface area contributed by atoms with Crippen LogP contribution in [0, 0.1) is 23.2 Å². The third-order valence-corrected chi connectivity index (χ3v) is 21.9. The molecule has 1 aromatic rings. The molecule has 6 nitrogen and oxygen atoms in total. The van der Waals surface area contributed by atoms with E-state index >= 15 is 4.79 Å². The molecule has 3 fully saturated rings. The van der Waals surface area contributed by atoms with E-state index < -0.39 is 19.5 Å². The summed E-state index contributed by atoms with van der Waals surface area (Å²) >= 11 is 4.32. The zero-order valence-corrected chi connectivity index (χ0v) is 39.4. The van der Waals surface area contributed by atoms with Crippen molar-refractivity contribution in [3.8, 4) is 5.75 Å². The molecule has 0 N–H and O–H groups in total. The third kappa shape index (κ3) is 11.7. The lowest BCUT2D eigenvalue weighted by molar-refractivity contribution is -0.281. The predicted molar refractivity (Wildman–Crippen MR) is 244 cm³/mol. The van der Waals surface area contributed by atoms with Crippen molar-refractivity contribution in [3.05, 3.63) is 65.8 Å². The van der Waals surface area contributed by atoms with E-state index in [0.29, 0.717) is 32.0 Å². The molecule has 1 aromatic carbocycles. The summed E-state index contributed by atoms with van der Waals surface area (Å²) in [5, 5.41) is 0. The molecule has 57 heavy (non-hydrogen) atoms. The van der Waals surface area contributed by atoms with Crippen LogP contribution >= 0.6 is 23.5 Å². The Bertz CT molecular complexity index is 1460. The fraction of sp³-hybridized carbons (Fsp3) is 0.729. The van der Waals surface area contributed by atoms with E-state index in [0.717, 1.165) is 74.4 Å². The van der Waals surface area contributed by atoms with Gasteiger partial charge in [-0.2, -0.15) is 0 Å². The molecule has 2 bridgehead atoms. The first kappa shape index (κ1) is 46.7. The van der Waals surface area contributed by atoms with Gasteiger partial charge in [-0.3, -0.25) is 4.79 Å². The van der Waals surface area contributed by atoms with Gasteiger partial charge in [0.2, 0.25) is 0 Å². The highest BCUT2D eigenvalue weighted by atomic mass is 32.2. The maximum Gasteiger partial charge on any atom is 0.192 e. The second-order valence-corrected chi connectivity index (χ2v) is 25.4. The van der Waals surface area contributed by atoms with Crippen LogP contribution in [0.25, 0.3) is 0 Å². The van der Waals surface area contributed by atoms with Crippen molar-refractivity contribution in [2.45, 2.75) is 166 Å². The number of hydrogen-bond acceptors (Lipinski definition) is 8. The minimum absolute atomic E-state index is 0.0401. The van der Waals surface area contributed by atoms with Crippen molar-refractivity contribution in [2.75, 3.05) is 31.8 Å². The molecule has 2 heterocycles. The lowest BCUT2D eigenvalue weighted by atomic mass is 9.63. The summed E-state index contributed by atoms with van der Waals surface area (Å²) in [6, 6.07) is 11.5. The quantitative estimate of drug-likeness (QED) is 0.0689. The second-order valence-electron chi connectivity index (χ2n) is 17.5. The molecule has 0 aromatic heterocycles. The molecule has 9 heteroatoms. The lowest BCUT2D eigenvalue weighted by Crippen LogP contribution is -2.54. The number of allylic oxidation sites excluding steroid dienone is 5. The molecule has 2 saturated heterocycles. The molecule has 5 rings (SSSR count). The Kier molecular flexibility index (Phi) is 18.0. The number of unbranched alkanes of at least 4 members (excludes halogenated alkanes) is 3. The van der Waals surface area contributed by atoms with E-state index in [1.807, 2.05) is 26.0 Å². The molecule has 2 aliphatic carbocycles. The fourth-order valence-electron chi connectivity index (χ4n) is 9.82. The van der Waals surface area contributed by atoms with Crippen molar-refractivity contribution < 1.29 is 28.2 Å². The number of thioether (sulfide) groups is 2. The van der Waals surface area contributed by atoms with Gasteiger partial charge in [-0.1, -0.05) is 76.1 Å². The number of methoxy groups -OCH3 is 1. The summed E-state index contributed by atoms with van der Waals surface area (Å²) in [7, 11) is -0.326. The first-order chi connectivity index (χ1) is 27.5. The molecule has 2 aliphatic heterocycles. The number of ketones is 1. The van der Waals surface area contributed by atoms with Gasteiger partial charge in [-0.25, -0.2) is 0 Å². The Balaban J connectivity index is 1.62. The highest BCUT2D eigenvalue weighted by Crippen LogP contribution is 2.57. The third-order valence-electron chi connectivity index (χ3n) is 13.7. The van der Waals surface area contributed by atoms with Gasteiger partial charge >= 0.3 is 0 Å². The molecule has 0 amide bonds. The monoisotopic (exact) mass is 840 g/mol. The average Bonchev–Trinajstić information content (AvgIpc) is 3.31. The van der Waals surface area contributed by atoms with Gasteiger partial charge in [0.15, 0.2) is 14.1 Å². The van der Waals surface area contributed by atoms with Gasteiger partial charge < -0.3 is 23.4 Å². The summed E-state index contributed by atoms with van der Waals surface area (Å²) in [5.41, 5.74) is 1.93. The maximum absolute atomic E-state index is 15.1. The highest BCUT2D eigenvalue weighted by molar-refractivity contribution is 8.18. The van der Waals surface area contributed by atoms with Crippen LogP contribution < -0.4 is 4.74 Å². The van der Waals surface area contributed by atoms with Crippen LogP contribution in [0.15, 0.2) is 60.2 Å². The Hall–Kier alpha value is -1.33. The van der Waals surface area contributed by atoms with Crippen LogP contribution in [0.5, 0.6) is 5.75 Å². The summed E-state index contributed by atoms with van der Waals surface area (Å²) in [5.74, 6) is 2.98. The standard InChI is InChI=1S/C48H76O6S2Si/c1-9-14-16-17-18-19-22-38-32-41-45(51-34-37-23-25-39(50-8)26-24-37)44(42(49)27-29-47(41)35-52-46(6,7)53-36-47)40(38)33-43(54-57(11-3,12-4)13-5)48(28-20-15-10-2)55-30-21-31-56-48/h9-10,14-15,23-26,32,38,40,43-45H,11-13,16-22,27-31,33-36H2,1-8H3/b14-9+,15-10+/t38-,40+,43-,44+,45+/m1/s1. The molecule has 320 valence electrons. The van der Waals surface area contributed by atoms with Crippen LogP contribution in [0.2, 0.25) is 18.1 Å². The lowest BCUT2D eigenvalue weighted by Gasteiger charge is -2.51. The molecular formula is C48H76O6S2Si. The minimum Gasteiger partial charge on any atom is -0.497 e. The number of ether oxygens (including phenoxy) is 4. The van der Waals surface area contributed by atoms with Crippen LogP contribution in [-0.4, -0.2) is 68.0 Å². The average molecular weight is 841 g/mol. The predicted octanol–water partition coefficient (Wildman–Crippen LogP) is 12.7. The largest absolute Gasteiger partial charge is 0.497 e. The van der Waals surface area contributed by atoms with Crippen LogP contribution in [0.3, 0.4) is 0 Å². The molecular weight excluding hydrogens is 765 g/mol. The van der Waals surface area contributed by atoms with Gasteiger partial charge in [0, 0.05) is 11.8 Å². The van der Waals surface area contributed by atoms with Crippen molar-refractivity contribution >= 4 is 37.6 Å². The Morgan fingerprint density at radius 2 is 1.60 bits per heavy atom. The Morgan fingerprint density at radius 1 is 0.930 bits per heavy atom. The summed E-state index contributed by atoms with van der Waals surface area (Å²) in [4.78, 5) is 15.1. The smallest absolute Gasteiger partial charge is 0.192 e. The zero-order valence-electron chi connectivity index (χ0n) is 36.8. The molecule has 5 atom stereocenters. The number of Topliss-reactive ketones (excluding diaryl/α,β-unsaturated/α-hetero) is 1. The van der Waals surface area contributed by atoms with Crippen molar-refractivity contribution in [2.24, 2.45) is 23.2 Å². The summed E-state index contributed by atoms with van der Waals surface area (Å²) in [6.45, 7) is 16.9. The van der Waals surface area contributed by atoms with Gasteiger partial charge in [0.1, 0.15) is 11.5 Å². The summed E-state index contributed by atoms with van der Waals surface area (Å²) in [6.07, 6.45) is 22.6. The zero-order chi connectivity index (χ0) is 40.9. The van der Waals surface area contributed by atoms with Crippen molar-refractivity contribution in [3.63, 3.8) is 0 Å². The van der Waals surface area contributed by atoms with E-state index in [-0.39, 0.29) is 34.0 Å². The SMILES string of the molecule is C/C=C/CCCCC[C@@H]1C=C2[C@H](OCc3ccc(OC)cc3)[C@H](C(=O)CCC23COC(C)(C)OC3)[C@H]1C[C@@H](O[Si](CC)(CC)CC)C1(CC/C=C/C)SCCCS1. The molecule has 0 radical (unpaired) electrons. The van der Waals surface area contributed by atoms with Gasteiger partial charge in [-0.05, 0) is 144 Å². The summed E-state index contributed by atoms with van der Waals surface area (Å²) < 4.78 is 33.5. The van der Waals surface area contributed by atoms with Crippen LogP contribution in [0.1, 0.15) is 125 Å². The number of benzene rings is 1. The van der Waals surface area contributed by atoms with Crippen LogP contribution in [-0.2, 0) is 30.0 Å². The minimum atomic E-state index is -2.02. The van der Waals surface area contributed by atoms with E-state index in [4.69, 9.17) is 23.4 Å². The number of hydrogen-bond donors (Lipinski definition) is 0. The molecule has 4 aliphatic rings. The Morgan fingerprint density at radius 3 is 2.23 bits per heavy atom. The van der Waals surface area contributed by atoms with E-state index in [2.05, 4.69) is 101 Å². The number of rotatable bonds is 21. The number of carbonyl (C=O) groups is 1. The molecule has 1 spiro atoms. The topological polar surface area (TPSA) is 63.2 Å². The normalized spacial score (nSPS) is 26.5. The van der Waals surface area contributed by atoms with Gasteiger partial charge in [-0.15, -0.1) is 23.5 Å². The molecule has 0 unspecified atom stereocenters. The van der Waals surface area contributed by atoms with E-state index in [1.165, 1.54) is 36.3 Å². The highest BCUT2D eigenvalue weighted by Gasteiger charge is 2.57. The van der Waals surface area contributed by atoms with Crippen molar-refractivity contribution in [1.29, 1.82) is 0 Å². The molecule has 1 saturated carbocycles. The Labute approximate surface area is 356 Å². The maximum atomic E-state index is 15.1. The van der Waals surface area contributed by atoms with Gasteiger partial charge in [0.05, 0.1) is 49.1 Å². The first-order valence-corrected chi connectivity index (χ1v) is 27.0. The fourth-order valence-corrected chi connectivity index (χ4v) is 16.4. The van der Waals surface area contributed by atoms with Gasteiger partial charge in [0.25, 0.3) is 0 Å². The number of fused-ring (bicyclic) bond motifs is 3. The van der Waals surface area contributed by atoms with Crippen LogP contribution in [0.4, 0.5) is 0 Å². The van der Waals surface area contributed by atoms with E-state index in [1.54, 1.807) is 7.11 Å². The second kappa shape index (κ2) is 22.0. The number of carbonyl (C=O) groups excluding carboxylic acids is 1. The van der Waals surface area contributed by atoms with E-state index in [9.17, 15) is 0 Å². The first-order valence-electron chi connectivity index (χ1n) is 22.5.